The third kappa shape index (κ3) is 5.08. The van der Waals surface area contributed by atoms with E-state index < -0.39 is 11.6 Å². The monoisotopic (exact) mass is 432 g/mol. The minimum atomic E-state index is -0.951. The van der Waals surface area contributed by atoms with Gasteiger partial charge in [-0.15, -0.1) is 0 Å². The summed E-state index contributed by atoms with van der Waals surface area (Å²) in [6, 6.07) is 3.64. The Hall–Kier alpha value is -2.67. The largest absolute Gasteiger partial charge is 0.476 e. The Balaban J connectivity index is 2.15. The standard InChI is InChI=1S/C22H23ClF2N4O/c1-4-6-13(3)19-18(9-14-11-26-22(23)27-12-14)28-20(21(29-19)30-5-2)15-7-8-16(24)17(25)10-15/h7-8,10-13H,4-6,9H2,1-3H3. The Morgan fingerprint density at radius 1 is 1.07 bits per heavy atom. The topological polar surface area (TPSA) is 60.8 Å². The number of rotatable bonds is 8. The molecule has 0 fully saturated rings. The van der Waals surface area contributed by atoms with Crippen LogP contribution >= 0.6 is 11.6 Å². The summed E-state index contributed by atoms with van der Waals surface area (Å²) in [5.41, 5.74) is 3.10. The van der Waals surface area contributed by atoms with Gasteiger partial charge in [-0.05, 0) is 48.7 Å². The van der Waals surface area contributed by atoms with Crippen molar-refractivity contribution in [2.45, 2.75) is 46.0 Å². The lowest BCUT2D eigenvalue weighted by molar-refractivity contribution is 0.324. The van der Waals surface area contributed by atoms with Gasteiger partial charge in [-0.2, -0.15) is 0 Å². The Labute approximate surface area is 179 Å². The maximum absolute atomic E-state index is 13.9. The molecule has 158 valence electrons. The van der Waals surface area contributed by atoms with Crippen LogP contribution in [0.3, 0.4) is 0 Å². The average molecular weight is 433 g/mol. The van der Waals surface area contributed by atoms with E-state index in [1.165, 1.54) is 6.07 Å². The summed E-state index contributed by atoms with van der Waals surface area (Å²) in [5.74, 6) is -1.43. The van der Waals surface area contributed by atoms with Gasteiger partial charge in [-0.1, -0.05) is 20.3 Å². The molecule has 0 N–H and O–H groups in total. The zero-order valence-corrected chi connectivity index (χ0v) is 17.9. The summed E-state index contributed by atoms with van der Waals surface area (Å²) >= 11 is 5.79. The van der Waals surface area contributed by atoms with Crippen LogP contribution < -0.4 is 4.74 Å². The van der Waals surface area contributed by atoms with Gasteiger partial charge in [0.2, 0.25) is 11.2 Å². The second kappa shape index (κ2) is 9.89. The molecule has 1 aromatic carbocycles. The fourth-order valence-corrected chi connectivity index (χ4v) is 3.35. The zero-order valence-electron chi connectivity index (χ0n) is 17.1. The van der Waals surface area contributed by atoms with Crippen LogP contribution in [0.2, 0.25) is 5.28 Å². The van der Waals surface area contributed by atoms with Crippen molar-refractivity contribution >= 4 is 11.6 Å². The summed E-state index contributed by atoms with van der Waals surface area (Å²) in [6.45, 7) is 6.40. The van der Waals surface area contributed by atoms with Crippen LogP contribution in [0, 0.1) is 11.6 Å². The zero-order chi connectivity index (χ0) is 21.7. The smallest absolute Gasteiger partial charge is 0.240 e. The molecule has 0 aliphatic heterocycles. The fraction of sp³-hybridized carbons (Fsp3) is 0.364. The number of benzene rings is 1. The number of halogens is 3. The van der Waals surface area contributed by atoms with Crippen LogP contribution in [-0.2, 0) is 6.42 Å². The molecule has 30 heavy (non-hydrogen) atoms. The SMILES string of the molecule is CCCC(C)c1nc(OCC)c(-c2ccc(F)c(F)c2)nc1Cc1cnc(Cl)nc1. The van der Waals surface area contributed by atoms with Crippen molar-refractivity contribution in [1.82, 2.24) is 19.9 Å². The molecule has 1 atom stereocenters. The first kappa shape index (κ1) is 22.0. The minimum Gasteiger partial charge on any atom is -0.476 e. The van der Waals surface area contributed by atoms with E-state index in [0.717, 1.165) is 36.2 Å². The van der Waals surface area contributed by atoms with E-state index in [-0.39, 0.29) is 11.2 Å². The van der Waals surface area contributed by atoms with Gasteiger partial charge in [0.1, 0.15) is 5.69 Å². The Bertz CT molecular complexity index is 1010. The number of ether oxygens (including phenoxy) is 1. The highest BCUT2D eigenvalue weighted by atomic mass is 35.5. The third-order valence-electron chi connectivity index (χ3n) is 4.67. The third-order valence-corrected chi connectivity index (χ3v) is 4.87. The summed E-state index contributed by atoms with van der Waals surface area (Å²) in [4.78, 5) is 17.6. The first-order valence-corrected chi connectivity index (χ1v) is 10.3. The summed E-state index contributed by atoms with van der Waals surface area (Å²) in [7, 11) is 0. The average Bonchev–Trinajstić information content (AvgIpc) is 2.73. The fourth-order valence-electron chi connectivity index (χ4n) is 3.25. The molecule has 0 aliphatic carbocycles. The van der Waals surface area contributed by atoms with E-state index >= 15 is 0 Å². The molecule has 5 nitrogen and oxygen atoms in total. The van der Waals surface area contributed by atoms with Gasteiger partial charge in [-0.3, -0.25) is 0 Å². The molecule has 0 amide bonds. The van der Waals surface area contributed by atoms with E-state index in [9.17, 15) is 8.78 Å². The number of aromatic nitrogens is 4. The second-order valence-electron chi connectivity index (χ2n) is 7.00. The van der Waals surface area contributed by atoms with Crippen LogP contribution in [0.15, 0.2) is 30.6 Å². The summed E-state index contributed by atoms with van der Waals surface area (Å²) in [5, 5.41) is 0.165. The maximum atomic E-state index is 13.9. The maximum Gasteiger partial charge on any atom is 0.240 e. The van der Waals surface area contributed by atoms with Crippen molar-refractivity contribution in [3.8, 4) is 17.1 Å². The van der Waals surface area contributed by atoms with Crippen LogP contribution in [-0.4, -0.2) is 26.5 Å². The lowest BCUT2D eigenvalue weighted by Crippen LogP contribution is -2.11. The Morgan fingerprint density at radius 2 is 1.80 bits per heavy atom. The highest BCUT2D eigenvalue weighted by Crippen LogP contribution is 2.33. The van der Waals surface area contributed by atoms with Gasteiger partial charge in [0, 0.05) is 30.3 Å². The van der Waals surface area contributed by atoms with Crippen molar-refractivity contribution in [3.05, 3.63) is 64.5 Å². The molecule has 8 heteroatoms. The van der Waals surface area contributed by atoms with Crippen molar-refractivity contribution < 1.29 is 13.5 Å². The van der Waals surface area contributed by atoms with Crippen molar-refractivity contribution in [3.63, 3.8) is 0 Å². The lowest BCUT2D eigenvalue weighted by Gasteiger charge is -2.18. The highest BCUT2D eigenvalue weighted by Gasteiger charge is 2.21. The Kier molecular flexibility index (Phi) is 7.26. The van der Waals surface area contributed by atoms with Crippen molar-refractivity contribution in [1.29, 1.82) is 0 Å². The Morgan fingerprint density at radius 3 is 2.43 bits per heavy atom. The minimum absolute atomic E-state index is 0.143. The molecular weight excluding hydrogens is 410 g/mol. The van der Waals surface area contributed by atoms with Gasteiger partial charge < -0.3 is 4.74 Å². The molecule has 0 bridgehead atoms. The van der Waals surface area contributed by atoms with Gasteiger partial charge in [-0.25, -0.2) is 28.7 Å². The molecule has 0 saturated heterocycles. The van der Waals surface area contributed by atoms with Gasteiger partial charge in [0.15, 0.2) is 11.6 Å². The molecule has 0 radical (unpaired) electrons. The number of hydrogen-bond acceptors (Lipinski definition) is 5. The van der Waals surface area contributed by atoms with Crippen LogP contribution in [0.4, 0.5) is 8.78 Å². The molecule has 0 spiro atoms. The lowest BCUT2D eigenvalue weighted by atomic mass is 9.97. The number of nitrogens with zero attached hydrogens (tertiary/aromatic N) is 4. The van der Waals surface area contributed by atoms with E-state index in [2.05, 4.69) is 23.8 Å². The summed E-state index contributed by atoms with van der Waals surface area (Å²) in [6.07, 6.45) is 5.62. The first-order valence-electron chi connectivity index (χ1n) is 9.88. The van der Waals surface area contributed by atoms with Gasteiger partial charge in [0.05, 0.1) is 18.0 Å². The van der Waals surface area contributed by atoms with Crippen LogP contribution in [0.5, 0.6) is 5.88 Å². The normalized spacial score (nSPS) is 12.1. The molecule has 2 aromatic heterocycles. The van der Waals surface area contributed by atoms with E-state index in [1.807, 2.05) is 6.92 Å². The quantitative estimate of drug-likeness (QED) is 0.423. The van der Waals surface area contributed by atoms with E-state index in [4.69, 9.17) is 26.3 Å². The summed E-state index contributed by atoms with van der Waals surface area (Å²) < 4.78 is 33.1. The second-order valence-corrected chi connectivity index (χ2v) is 7.34. The molecule has 0 saturated carbocycles. The molecule has 0 aliphatic rings. The van der Waals surface area contributed by atoms with Crippen molar-refractivity contribution in [2.75, 3.05) is 6.61 Å². The predicted octanol–water partition coefficient (Wildman–Crippen LogP) is 5.76. The van der Waals surface area contributed by atoms with Gasteiger partial charge in [0.25, 0.3) is 0 Å². The molecule has 3 aromatic rings. The van der Waals surface area contributed by atoms with Crippen LogP contribution in [0.1, 0.15) is 56.5 Å². The van der Waals surface area contributed by atoms with Gasteiger partial charge >= 0.3 is 0 Å². The predicted molar refractivity (Wildman–Crippen MR) is 112 cm³/mol. The van der Waals surface area contributed by atoms with E-state index in [1.54, 1.807) is 12.4 Å². The van der Waals surface area contributed by atoms with Crippen molar-refractivity contribution in [2.24, 2.45) is 0 Å². The van der Waals surface area contributed by atoms with Crippen LogP contribution in [0.25, 0.3) is 11.3 Å². The molecule has 3 rings (SSSR count). The van der Waals surface area contributed by atoms with E-state index in [0.29, 0.717) is 35.9 Å². The molecular formula is C22H23ClF2N4O. The number of hydrogen-bond donors (Lipinski definition) is 0. The molecule has 2 heterocycles. The first-order chi connectivity index (χ1) is 14.4. The highest BCUT2D eigenvalue weighted by molar-refractivity contribution is 6.28. The molecule has 1 unspecified atom stereocenters.